The molecule has 102 valence electrons. The molecule has 3 nitrogen and oxygen atoms in total. The largest absolute Gasteiger partial charge is 0.392 e. The van der Waals surface area contributed by atoms with Crippen molar-refractivity contribution in [3.05, 3.63) is 71.3 Å². The number of aliphatic hydroxyl groups excluding tert-OH is 1. The van der Waals surface area contributed by atoms with E-state index in [1.54, 1.807) is 18.2 Å². The Morgan fingerprint density at radius 3 is 2.65 bits per heavy atom. The molecule has 3 heteroatoms. The topological polar surface area (TPSA) is 49.3 Å². The lowest BCUT2D eigenvalue weighted by molar-refractivity contribution is 0.102. The molecule has 0 fully saturated rings. The molecule has 2 N–H and O–H groups in total. The van der Waals surface area contributed by atoms with Gasteiger partial charge in [0.2, 0.25) is 0 Å². The highest BCUT2D eigenvalue weighted by Crippen LogP contribution is 2.14. The lowest BCUT2D eigenvalue weighted by Crippen LogP contribution is -2.11. The number of anilines is 1. The third kappa shape index (κ3) is 3.80. The first-order valence-corrected chi connectivity index (χ1v) is 6.44. The van der Waals surface area contributed by atoms with Crippen molar-refractivity contribution in [2.24, 2.45) is 0 Å². The van der Waals surface area contributed by atoms with Crippen LogP contribution in [0.15, 0.2) is 54.6 Å². The van der Waals surface area contributed by atoms with Gasteiger partial charge in [-0.3, -0.25) is 4.79 Å². The van der Waals surface area contributed by atoms with Gasteiger partial charge in [-0.25, -0.2) is 0 Å². The van der Waals surface area contributed by atoms with Gasteiger partial charge in [0.15, 0.2) is 0 Å². The van der Waals surface area contributed by atoms with E-state index in [1.807, 2.05) is 49.4 Å². The number of amides is 1. The van der Waals surface area contributed by atoms with E-state index in [-0.39, 0.29) is 12.5 Å². The molecule has 0 spiro atoms. The highest BCUT2D eigenvalue weighted by atomic mass is 16.2. The molecule has 20 heavy (non-hydrogen) atoms. The van der Waals surface area contributed by atoms with Crippen LogP contribution in [0.2, 0.25) is 0 Å². The second kappa shape index (κ2) is 6.68. The second-order valence-electron chi connectivity index (χ2n) is 4.53. The van der Waals surface area contributed by atoms with Crippen LogP contribution in [0.4, 0.5) is 5.69 Å². The van der Waals surface area contributed by atoms with E-state index in [0.29, 0.717) is 5.56 Å². The van der Waals surface area contributed by atoms with Crippen LogP contribution in [0.5, 0.6) is 0 Å². The van der Waals surface area contributed by atoms with E-state index in [2.05, 4.69) is 5.32 Å². The molecule has 2 aromatic rings. The molecule has 0 aromatic heterocycles. The molecule has 0 aliphatic rings. The molecule has 0 saturated carbocycles. The van der Waals surface area contributed by atoms with Gasteiger partial charge in [-0.15, -0.1) is 0 Å². The van der Waals surface area contributed by atoms with Crippen LogP contribution in [-0.4, -0.2) is 17.6 Å². The molecule has 0 aliphatic heterocycles. The third-order valence-corrected chi connectivity index (χ3v) is 2.87. The van der Waals surface area contributed by atoms with Crippen LogP contribution in [0, 0.1) is 6.92 Å². The number of aryl methyl sites for hydroxylation is 1. The summed E-state index contributed by atoms with van der Waals surface area (Å²) in [6.45, 7) is 1.98. The summed E-state index contributed by atoms with van der Waals surface area (Å²) in [7, 11) is 0. The number of hydrogen-bond acceptors (Lipinski definition) is 2. The maximum atomic E-state index is 12.1. The molecule has 0 atom stereocenters. The number of nitrogens with one attached hydrogen (secondary N) is 1. The first-order valence-electron chi connectivity index (χ1n) is 6.44. The Bertz CT molecular complexity index is 615. The minimum absolute atomic E-state index is 0.0000465. The number of aliphatic hydroxyl groups is 1. The van der Waals surface area contributed by atoms with Crippen LogP contribution in [0.3, 0.4) is 0 Å². The Kier molecular flexibility index (Phi) is 4.69. The van der Waals surface area contributed by atoms with Crippen molar-refractivity contribution in [1.29, 1.82) is 0 Å². The molecular formula is C17H17NO2. The second-order valence-corrected chi connectivity index (χ2v) is 4.53. The fraction of sp³-hybridized carbons (Fsp3) is 0.118. The zero-order valence-corrected chi connectivity index (χ0v) is 11.3. The van der Waals surface area contributed by atoms with Gasteiger partial charge < -0.3 is 10.4 Å². The maximum Gasteiger partial charge on any atom is 0.255 e. The first-order chi connectivity index (χ1) is 9.69. The molecule has 0 saturated heterocycles. The monoisotopic (exact) mass is 267 g/mol. The zero-order chi connectivity index (χ0) is 14.4. The van der Waals surface area contributed by atoms with Crippen molar-refractivity contribution in [1.82, 2.24) is 0 Å². The first kappa shape index (κ1) is 14.0. The van der Waals surface area contributed by atoms with Crippen LogP contribution in [-0.2, 0) is 0 Å². The number of carbonyl (C=O) groups is 1. The van der Waals surface area contributed by atoms with Crippen molar-refractivity contribution in [2.75, 3.05) is 11.9 Å². The van der Waals surface area contributed by atoms with E-state index < -0.39 is 0 Å². The van der Waals surface area contributed by atoms with Crippen molar-refractivity contribution in [3.63, 3.8) is 0 Å². The highest BCUT2D eigenvalue weighted by Gasteiger charge is 2.05. The lowest BCUT2D eigenvalue weighted by atomic mass is 10.1. The number of rotatable bonds is 4. The number of hydrogen-bond donors (Lipinski definition) is 2. The summed E-state index contributed by atoms with van der Waals surface area (Å²) in [5.74, 6) is -0.131. The molecule has 2 aromatic carbocycles. The Morgan fingerprint density at radius 2 is 1.95 bits per heavy atom. The van der Waals surface area contributed by atoms with Crippen LogP contribution >= 0.6 is 0 Å². The van der Waals surface area contributed by atoms with Crippen LogP contribution in [0.1, 0.15) is 21.5 Å². The summed E-state index contributed by atoms with van der Waals surface area (Å²) in [6.07, 6.45) is 3.46. The molecule has 0 aliphatic carbocycles. The van der Waals surface area contributed by atoms with Gasteiger partial charge in [0.05, 0.1) is 6.61 Å². The van der Waals surface area contributed by atoms with E-state index >= 15 is 0 Å². The molecule has 2 rings (SSSR count). The van der Waals surface area contributed by atoms with Gasteiger partial charge in [0, 0.05) is 11.3 Å². The summed E-state index contributed by atoms with van der Waals surface area (Å²) in [5.41, 5.74) is 3.42. The van der Waals surface area contributed by atoms with E-state index in [4.69, 9.17) is 5.11 Å². The minimum atomic E-state index is -0.131. The minimum Gasteiger partial charge on any atom is -0.392 e. The van der Waals surface area contributed by atoms with E-state index in [9.17, 15) is 4.79 Å². The van der Waals surface area contributed by atoms with Crippen molar-refractivity contribution in [2.45, 2.75) is 6.92 Å². The fourth-order valence-electron chi connectivity index (χ4n) is 1.82. The Hall–Kier alpha value is -2.39. The van der Waals surface area contributed by atoms with Crippen LogP contribution in [0.25, 0.3) is 6.08 Å². The van der Waals surface area contributed by atoms with Gasteiger partial charge in [-0.05, 0) is 36.8 Å². The van der Waals surface area contributed by atoms with Gasteiger partial charge in [0.25, 0.3) is 5.91 Å². The average molecular weight is 267 g/mol. The van der Waals surface area contributed by atoms with Crippen molar-refractivity contribution < 1.29 is 9.90 Å². The molecule has 0 unspecified atom stereocenters. The lowest BCUT2D eigenvalue weighted by Gasteiger charge is -2.06. The highest BCUT2D eigenvalue weighted by molar-refractivity contribution is 6.04. The van der Waals surface area contributed by atoms with Crippen LogP contribution < -0.4 is 5.32 Å². The SMILES string of the molecule is Cc1ccc(C(=O)Nc2cccc(C=CCO)c2)cc1. The number of carbonyl (C=O) groups excluding carboxylic acids is 1. The predicted molar refractivity (Wildman–Crippen MR) is 81.7 cm³/mol. The maximum absolute atomic E-state index is 12.1. The Balaban J connectivity index is 2.11. The summed E-state index contributed by atoms with van der Waals surface area (Å²) >= 11 is 0. The summed E-state index contributed by atoms with van der Waals surface area (Å²) < 4.78 is 0. The van der Waals surface area contributed by atoms with E-state index in [1.165, 1.54) is 0 Å². The predicted octanol–water partition coefficient (Wildman–Crippen LogP) is 3.25. The summed E-state index contributed by atoms with van der Waals surface area (Å²) in [5, 5.41) is 11.6. The molecular weight excluding hydrogens is 250 g/mol. The molecule has 1 amide bonds. The van der Waals surface area contributed by atoms with E-state index in [0.717, 1.165) is 16.8 Å². The van der Waals surface area contributed by atoms with Gasteiger partial charge in [-0.1, -0.05) is 42.0 Å². The smallest absolute Gasteiger partial charge is 0.255 e. The summed E-state index contributed by atoms with van der Waals surface area (Å²) in [4.78, 5) is 12.1. The third-order valence-electron chi connectivity index (χ3n) is 2.87. The molecule has 0 radical (unpaired) electrons. The number of benzene rings is 2. The molecule has 0 bridgehead atoms. The Morgan fingerprint density at radius 1 is 1.20 bits per heavy atom. The Labute approximate surface area is 118 Å². The van der Waals surface area contributed by atoms with Gasteiger partial charge in [0.1, 0.15) is 0 Å². The quantitative estimate of drug-likeness (QED) is 0.893. The van der Waals surface area contributed by atoms with Gasteiger partial charge >= 0.3 is 0 Å². The van der Waals surface area contributed by atoms with Crippen molar-refractivity contribution >= 4 is 17.7 Å². The summed E-state index contributed by atoms with van der Waals surface area (Å²) in [6, 6.07) is 14.9. The molecule has 0 heterocycles. The zero-order valence-electron chi connectivity index (χ0n) is 11.3. The van der Waals surface area contributed by atoms with Crippen molar-refractivity contribution in [3.8, 4) is 0 Å². The normalized spacial score (nSPS) is 10.7. The standard InChI is InChI=1S/C17H17NO2/c1-13-7-9-15(10-8-13)17(20)18-16-6-2-4-14(12-16)5-3-11-19/h2-10,12,19H,11H2,1H3,(H,18,20). The van der Waals surface area contributed by atoms with Gasteiger partial charge in [-0.2, -0.15) is 0 Å². The fourth-order valence-corrected chi connectivity index (χ4v) is 1.82. The average Bonchev–Trinajstić information content (AvgIpc) is 2.46.